The van der Waals surface area contributed by atoms with Gasteiger partial charge in [0.1, 0.15) is 6.61 Å². The lowest BCUT2D eigenvalue weighted by atomic mass is 9.95. The number of carbonyl (C=O) groups is 2. The number of benzene rings is 2. The van der Waals surface area contributed by atoms with Gasteiger partial charge < -0.3 is 23.6 Å². The van der Waals surface area contributed by atoms with Gasteiger partial charge in [-0.3, -0.25) is 9.69 Å². The normalized spacial score (nSPS) is 23.5. The average Bonchev–Trinajstić information content (AvgIpc) is 3.45. The van der Waals surface area contributed by atoms with Crippen molar-refractivity contribution in [2.24, 2.45) is 5.92 Å². The number of halogens is 1. The molecule has 0 aromatic heterocycles. The molecule has 0 saturated carbocycles. The van der Waals surface area contributed by atoms with Crippen LogP contribution in [0.1, 0.15) is 30.9 Å². The van der Waals surface area contributed by atoms with Crippen LogP contribution in [0.15, 0.2) is 54.6 Å². The maximum Gasteiger partial charge on any atom is 0.414 e. The zero-order valence-corrected chi connectivity index (χ0v) is 23.5. The molecule has 2 fully saturated rings. The Morgan fingerprint density at radius 2 is 1.82 bits per heavy atom. The molecule has 2 saturated heterocycles. The minimum absolute atomic E-state index is 0.00137. The first-order valence-electron chi connectivity index (χ1n) is 13.5. The van der Waals surface area contributed by atoms with Crippen LogP contribution in [0.3, 0.4) is 0 Å². The third-order valence-electron chi connectivity index (χ3n) is 7.74. The monoisotopic (exact) mass is 542 g/mol. The highest BCUT2D eigenvalue weighted by Crippen LogP contribution is 2.47. The highest BCUT2D eigenvalue weighted by Gasteiger charge is 2.51. The fraction of sp³-hybridized carbons (Fsp3) is 0.517. The molecule has 4 rings (SSSR count). The number of aliphatic hydroxyl groups excluding tert-OH is 1. The Morgan fingerprint density at radius 1 is 1.11 bits per heavy atom. The van der Waals surface area contributed by atoms with Crippen LogP contribution >= 0.6 is 0 Å². The topological polar surface area (TPSA) is 79.3 Å². The van der Waals surface area contributed by atoms with Gasteiger partial charge in [0.25, 0.3) is 0 Å². The summed E-state index contributed by atoms with van der Waals surface area (Å²) in [5.74, 6) is -0.126. The van der Waals surface area contributed by atoms with Crippen LogP contribution in [0, 0.1) is 5.92 Å². The van der Waals surface area contributed by atoms with Crippen molar-refractivity contribution < 1.29 is 28.3 Å². The first-order chi connectivity index (χ1) is 18.2. The third kappa shape index (κ3) is 6.81. The number of aliphatic hydroxyl groups is 1. The minimum Gasteiger partial charge on any atom is -0.447 e. The number of hydrogen-bond acceptors (Lipinski definition) is 5. The summed E-state index contributed by atoms with van der Waals surface area (Å²) < 4.78 is 27.0. The van der Waals surface area contributed by atoms with Gasteiger partial charge in [0.05, 0.1) is 31.8 Å². The zero-order valence-electron chi connectivity index (χ0n) is 22.5. The van der Waals surface area contributed by atoms with Gasteiger partial charge in [-0.05, 0) is 55.1 Å². The molecule has 38 heavy (non-hydrogen) atoms. The highest BCUT2D eigenvalue weighted by atomic mass is 28.4. The highest BCUT2D eigenvalue weighted by molar-refractivity contribution is 6.72. The van der Waals surface area contributed by atoms with Crippen molar-refractivity contribution in [3.8, 4) is 0 Å². The van der Waals surface area contributed by atoms with E-state index in [1.807, 2.05) is 61.5 Å². The fourth-order valence-corrected chi connectivity index (χ4v) is 8.42. The molecule has 1 N–H and O–H groups in total. The van der Waals surface area contributed by atoms with Gasteiger partial charge in [0.15, 0.2) is 0 Å². The first-order valence-corrected chi connectivity index (χ1v) is 16.4. The van der Waals surface area contributed by atoms with Crippen LogP contribution in [0.4, 0.5) is 14.6 Å². The predicted molar refractivity (Wildman–Crippen MR) is 147 cm³/mol. The molecule has 2 aliphatic rings. The van der Waals surface area contributed by atoms with Crippen molar-refractivity contribution in [2.45, 2.75) is 63.6 Å². The quantitative estimate of drug-likeness (QED) is 0.322. The SMILES string of the molecule is C[C@@H]1[C@@H]([Si](C)(C)F)[C@H](CC(=O)N(CCO)Cc2ccccc2)O[C@@H]1CCc1ccc(N2CCOC2=O)cc1. The molecule has 0 spiro atoms. The van der Waals surface area contributed by atoms with Gasteiger partial charge in [-0.15, -0.1) is 0 Å². The predicted octanol–water partition coefficient (Wildman–Crippen LogP) is 4.94. The molecule has 2 heterocycles. The van der Waals surface area contributed by atoms with Crippen LogP contribution in [0.25, 0.3) is 0 Å². The van der Waals surface area contributed by atoms with Crippen LogP contribution in [-0.2, 0) is 27.2 Å². The number of aryl methyl sites for hydroxylation is 1. The van der Waals surface area contributed by atoms with Crippen LogP contribution in [0.5, 0.6) is 0 Å². The Labute approximate surface area is 225 Å². The van der Waals surface area contributed by atoms with Crippen LogP contribution in [-0.4, -0.2) is 68.9 Å². The molecule has 2 aliphatic heterocycles. The zero-order chi connectivity index (χ0) is 27.3. The second kappa shape index (κ2) is 12.4. The molecule has 0 bridgehead atoms. The molecule has 2 amide bonds. The van der Waals surface area contributed by atoms with E-state index in [9.17, 15) is 14.7 Å². The second-order valence-corrected chi connectivity index (χ2v) is 14.7. The van der Waals surface area contributed by atoms with E-state index in [1.165, 1.54) is 0 Å². The smallest absolute Gasteiger partial charge is 0.414 e. The van der Waals surface area contributed by atoms with E-state index in [1.54, 1.807) is 22.9 Å². The van der Waals surface area contributed by atoms with Gasteiger partial charge in [0, 0.05) is 24.3 Å². The molecule has 7 nitrogen and oxygen atoms in total. The Morgan fingerprint density at radius 3 is 2.42 bits per heavy atom. The Balaban J connectivity index is 1.39. The van der Waals surface area contributed by atoms with Crippen LogP contribution in [0.2, 0.25) is 18.6 Å². The molecule has 0 unspecified atom stereocenters. The Kier molecular flexibility index (Phi) is 9.22. The van der Waals surface area contributed by atoms with E-state index >= 15 is 4.11 Å². The van der Waals surface area contributed by atoms with E-state index < -0.39 is 14.5 Å². The van der Waals surface area contributed by atoms with Gasteiger partial charge in [-0.2, -0.15) is 0 Å². The maximum absolute atomic E-state index is 15.6. The van der Waals surface area contributed by atoms with Crippen molar-refractivity contribution in [1.29, 1.82) is 0 Å². The fourth-order valence-electron chi connectivity index (χ4n) is 5.87. The molecule has 9 heteroatoms. The summed E-state index contributed by atoms with van der Waals surface area (Å²) in [6.07, 6.45) is 0.647. The van der Waals surface area contributed by atoms with Gasteiger partial charge >= 0.3 is 6.09 Å². The molecule has 206 valence electrons. The lowest BCUT2D eigenvalue weighted by Gasteiger charge is -2.30. The number of hydrogen-bond donors (Lipinski definition) is 1. The Hall–Kier alpha value is -2.75. The molecule has 0 aliphatic carbocycles. The van der Waals surface area contributed by atoms with Crippen molar-refractivity contribution in [2.75, 3.05) is 31.2 Å². The third-order valence-corrected chi connectivity index (χ3v) is 10.2. The van der Waals surface area contributed by atoms with Gasteiger partial charge in [-0.25, -0.2) is 4.79 Å². The summed E-state index contributed by atoms with van der Waals surface area (Å²) in [5.41, 5.74) is 2.63. The average molecular weight is 543 g/mol. The number of ether oxygens (including phenoxy) is 2. The molecular formula is C29H39FN2O5Si. The first kappa shape index (κ1) is 28.3. The largest absolute Gasteiger partial charge is 0.447 e. The summed E-state index contributed by atoms with van der Waals surface area (Å²) in [6, 6.07) is 17.5. The number of carbonyl (C=O) groups excluding carboxylic acids is 2. The van der Waals surface area contributed by atoms with Crippen molar-refractivity contribution in [3.05, 3.63) is 65.7 Å². The number of anilines is 1. The van der Waals surface area contributed by atoms with Crippen molar-refractivity contribution in [3.63, 3.8) is 0 Å². The minimum atomic E-state index is -3.12. The summed E-state index contributed by atoms with van der Waals surface area (Å²) >= 11 is 0. The number of cyclic esters (lactones) is 1. The van der Waals surface area contributed by atoms with Gasteiger partial charge in [-0.1, -0.05) is 49.4 Å². The molecular weight excluding hydrogens is 503 g/mol. The number of nitrogens with zero attached hydrogens (tertiary/aromatic N) is 2. The number of amides is 2. The summed E-state index contributed by atoms with van der Waals surface area (Å²) in [4.78, 5) is 28.4. The second-order valence-electron chi connectivity index (χ2n) is 10.9. The van der Waals surface area contributed by atoms with Crippen molar-refractivity contribution in [1.82, 2.24) is 4.90 Å². The standard InChI is InChI=1S/C29H39FN2O5Si/c1-21-25(14-11-22-9-12-24(13-10-22)32-16-18-36-29(32)35)37-26(28(21)38(2,3)30)19-27(34)31(15-17-33)20-23-7-5-4-6-8-23/h4-10,12-13,21,25-26,28,33H,11,14-20H2,1-3H3/t21-,25+,26-,28+/m0/s1. The van der Waals surface area contributed by atoms with E-state index in [0.717, 1.165) is 29.7 Å². The van der Waals surface area contributed by atoms with E-state index in [2.05, 4.69) is 0 Å². The van der Waals surface area contributed by atoms with E-state index in [0.29, 0.717) is 19.7 Å². The molecule has 0 radical (unpaired) electrons. The lowest BCUT2D eigenvalue weighted by Crippen LogP contribution is -2.40. The van der Waals surface area contributed by atoms with E-state index in [-0.39, 0.29) is 49.1 Å². The van der Waals surface area contributed by atoms with Crippen LogP contribution < -0.4 is 4.90 Å². The maximum atomic E-state index is 15.6. The summed E-state index contributed by atoms with van der Waals surface area (Å²) in [6.45, 7) is 6.91. The molecule has 4 atom stereocenters. The van der Waals surface area contributed by atoms with E-state index in [4.69, 9.17) is 9.47 Å². The van der Waals surface area contributed by atoms with Crippen molar-refractivity contribution >= 4 is 26.1 Å². The Bertz CT molecular complexity index is 1080. The van der Waals surface area contributed by atoms with Gasteiger partial charge in [0.2, 0.25) is 14.3 Å². The summed E-state index contributed by atoms with van der Waals surface area (Å²) in [5, 5.41) is 9.56. The summed E-state index contributed by atoms with van der Waals surface area (Å²) in [7, 11) is -3.12. The number of rotatable bonds is 11. The molecule has 2 aromatic carbocycles. The molecule has 2 aromatic rings. The lowest BCUT2D eigenvalue weighted by molar-refractivity contribution is -0.135.